The largest absolute Gasteiger partial charge is 0.483 e. The number of halogens is 1. The molecular formula is C17H16BrNO4. The average Bonchev–Trinajstić information content (AvgIpc) is 2.55. The van der Waals surface area contributed by atoms with E-state index in [-0.39, 0.29) is 12.5 Å². The Kier molecular flexibility index (Phi) is 5.76. The maximum atomic E-state index is 11.9. The van der Waals surface area contributed by atoms with Crippen LogP contribution in [0.1, 0.15) is 15.9 Å². The molecule has 0 unspecified atom stereocenters. The summed E-state index contributed by atoms with van der Waals surface area (Å²) >= 11 is 3.31. The Hall–Kier alpha value is -2.34. The molecule has 0 spiro atoms. The monoisotopic (exact) mass is 377 g/mol. The van der Waals surface area contributed by atoms with Crippen molar-refractivity contribution in [3.05, 3.63) is 58.1 Å². The Morgan fingerprint density at radius 1 is 1.13 bits per heavy atom. The van der Waals surface area contributed by atoms with Crippen LogP contribution in [0, 0.1) is 6.92 Å². The van der Waals surface area contributed by atoms with Crippen LogP contribution < -0.4 is 10.1 Å². The summed E-state index contributed by atoms with van der Waals surface area (Å²) in [5, 5.41) is 2.74. The normalized spacial score (nSPS) is 10.0. The van der Waals surface area contributed by atoms with Gasteiger partial charge in [-0.3, -0.25) is 4.79 Å². The zero-order valence-corrected chi connectivity index (χ0v) is 14.3. The third-order valence-corrected chi connectivity index (χ3v) is 3.67. The summed E-state index contributed by atoms with van der Waals surface area (Å²) in [6.07, 6.45) is 0. The summed E-state index contributed by atoms with van der Waals surface area (Å²) in [6.45, 7) is 1.84. The zero-order valence-electron chi connectivity index (χ0n) is 12.8. The van der Waals surface area contributed by atoms with E-state index in [9.17, 15) is 9.59 Å². The Labute approximate surface area is 142 Å². The molecule has 0 aromatic heterocycles. The molecule has 5 nitrogen and oxygen atoms in total. The highest BCUT2D eigenvalue weighted by Gasteiger charge is 2.10. The molecule has 0 fully saturated rings. The molecule has 0 radical (unpaired) electrons. The molecule has 0 bridgehead atoms. The van der Waals surface area contributed by atoms with Gasteiger partial charge in [-0.25, -0.2) is 4.79 Å². The fraction of sp³-hybridized carbons (Fsp3) is 0.176. The molecule has 0 aliphatic heterocycles. The number of amides is 1. The first kappa shape index (κ1) is 17.0. The number of rotatable bonds is 5. The van der Waals surface area contributed by atoms with E-state index in [1.54, 1.807) is 18.2 Å². The van der Waals surface area contributed by atoms with Crippen molar-refractivity contribution >= 4 is 33.5 Å². The molecule has 0 atom stereocenters. The van der Waals surface area contributed by atoms with Gasteiger partial charge in [0.2, 0.25) is 0 Å². The van der Waals surface area contributed by atoms with Crippen LogP contribution in [0.15, 0.2) is 46.9 Å². The zero-order chi connectivity index (χ0) is 16.8. The molecule has 0 aliphatic rings. The molecule has 0 saturated carbocycles. The van der Waals surface area contributed by atoms with Crippen LogP contribution in [0.4, 0.5) is 5.69 Å². The standard InChI is InChI=1S/C17H16BrNO4/c1-11-3-6-13(7-4-11)19-16(20)10-23-15-8-5-12(9-14(15)18)17(21)22-2/h3-9H,10H2,1-2H3,(H,19,20). The molecule has 2 aromatic carbocycles. The lowest BCUT2D eigenvalue weighted by Crippen LogP contribution is -2.20. The number of anilines is 1. The SMILES string of the molecule is COC(=O)c1ccc(OCC(=O)Nc2ccc(C)cc2)c(Br)c1. The van der Waals surface area contributed by atoms with Crippen molar-refractivity contribution in [2.45, 2.75) is 6.92 Å². The molecule has 2 aromatic rings. The van der Waals surface area contributed by atoms with Gasteiger partial charge in [-0.05, 0) is 53.2 Å². The van der Waals surface area contributed by atoms with Crippen LogP contribution in [-0.2, 0) is 9.53 Å². The predicted octanol–water partition coefficient (Wildman–Crippen LogP) is 3.56. The number of benzene rings is 2. The van der Waals surface area contributed by atoms with Crippen molar-refractivity contribution in [1.82, 2.24) is 0 Å². The number of aryl methyl sites for hydroxylation is 1. The van der Waals surface area contributed by atoms with Gasteiger partial charge in [0.25, 0.3) is 5.91 Å². The summed E-state index contributed by atoms with van der Waals surface area (Å²) in [5.74, 6) is -0.233. The van der Waals surface area contributed by atoms with Crippen molar-refractivity contribution in [3.63, 3.8) is 0 Å². The van der Waals surface area contributed by atoms with Gasteiger partial charge in [0.15, 0.2) is 6.61 Å². The van der Waals surface area contributed by atoms with Crippen molar-refractivity contribution in [3.8, 4) is 5.75 Å². The van der Waals surface area contributed by atoms with Crippen molar-refractivity contribution in [2.75, 3.05) is 19.0 Å². The van der Waals surface area contributed by atoms with Gasteiger partial charge in [0, 0.05) is 5.69 Å². The van der Waals surface area contributed by atoms with E-state index in [2.05, 4.69) is 26.0 Å². The lowest BCUT2D eigenvalue weighted by atomic mass is 10.2. The van der Waals surface area contributed by atoms with Crippen LogP contribution in [0.25, 0.3) is 0 Å². The van der Waals surface area contributed by atoms with Gasteiger partial charge in [0.05, 0.1) is 17.1 Å². The maximum Gasteiger partial charge on any atom is 0.337 e. The third kappa shape index (κ3) is 4.82. The number of esters is 1. The maximum absolute atomic E-state index is 11.9. The Balaban J connectivity index is 1.93. The fourth-order valence-corrected chi connectivity index (χ4v) is 2.33. The minimum absolute atomic E-state index is 0.135. The molecule has 1 N–H and O–H groups in total. The minimum Gasteiger partial charge on any atom is -0.483 e. The van der Waals surface area contributed by atoms with Crippen molar-refractivity contribution in [1.29, 1.82) is 0 Å². The first-order valence-electron chi connectivity index (χ1n) is 6.87. The number of methoxy groups -OCH3 is 1. The highest BCUT2D eigenvalue weighted by Crippen LogP contribution is 2.26. The summed E-state index contributed by atoms with van der Waals surface area (Å²) < 4.78 is 10.7. The summed E-state index contributed by atoms with van der Waals surface area (Å²) in [5.41, 5.74) is 2.23. The van der Waals surface area contributed by atoms with Gasteiger partial charge in [0.1, 0.15) is 5.75 Å². The summed E-state index contributed by atoms with van der Waals surface area (Å²) in [7, 11) is 1.32. The molecule has 6 heteroatoms. The minimum atomic E-state index is -0.436. The van der Waals surface area contributed by atoms with Crippen LogP contribution in [-0.4, -0.2) is 25.6 Å². The molecule has 0 aliphatic carbocycles. The van der Waals surface area contributed by atoms with Crippen molar-refractivity contribution in [2.24, 2.45) is 0 Å². The van der Waals surface area contributed by atoms with Gasteiger partial charge in [-0.2, -0.15) is 0 Å². The van der Waals surface area contributed by atoms with Gasteiger partial charge < -0.3 is 14.8 Å². The first-order chi connectivity index (χ1) is 11.0. The van der Waals surface area contributed by atoms with Gasteiger partial charge in [-0.15, -0.1) is 0 Å². The Morgan fingerprint density at radius 2 is 1.83 bits per heavy atom. The molecule has 23 heavy (non-hydrogen) atoms. The molecule has 1 amide bonds. The van der Waals surface area contributed by atoms with Gasteiger partial charge >= 0.3 is 5.97 Å². The quantitative estimate of drug-likeness (QED) is 0.809. The lowest BCUT2D eigenvalue weighted by Gasteiger charge is -2.10. The van der Waals surface area contributed by atoms with E-state index in [0.717, 1.165) is 5.56 Å². The van der Waals surface area contributed by atoms with E-state index in [1.165, 1.54) is 7.11 Å². The number of carbonyl (C=O) groups excluding carboxylic acids is 2. The second-order valence-electron chi connectivity index (χ2n) is 4.84. The molecule has 0 saturated heterocycles. The van der Waals surface area contributed by atoms with E-state index in [4.69, 9.17) is 4.74 Å². The van der Waals surface area contributed by atoms with Crippen LogP contribution in [0.5, 0.6) is 5.75 Å². The summed E-state index contributed by atoms with van der Waals surface area (Å²) in [4.78, 5) is 23.3. The van der Waals surface area contributed by atoms with E-state index in [0.29, 0.717) is 21.5 Å². The molecule has 2 rings (SSSR count). The number of ether oxygens (including phenoxy) is 2. The predicted molar refractivity (Wildman–Crippen MR) is 90.8 cm³/mol. The van der Waals surface area contributed by atoms with Gasteiger partial charge in [-0.1, -0.05) is 17.7 Å². The number of nitrogens with one attached hydrogen (secondary N) is 1. The molecular weight excluding hydrogens is 362 g/mol. The second-order valence-corrected chi connectivity index (χ2v) is 5.69. The van der Waals surface area contributed by atoms with Crippen LogP contribution in [0.2, 0.25) is 0 Å². The summed E-state index contributed by atoms with van der Waals surface area (Å²) in [6, 6.07) is 12.2. The molecule has 120 valence electrons. The first-order valence-corrected chi connectivity index (χ1v) is 7.66. The fourth-order valence-electron chi connectivity index (χ4n) is 1.84. The third-order valence-electron chi connectivity index (χ3n) is 3.05. The average molecular weight is 378 g/mol. The van der Waals surface area contributed by atoms with E-state index < -0.39 is 5.97 Å². The highest BCUT2D eigenvalue weighted by molar-refractivity contribution is 9.10. The van der Waals surface area contributed by atoms with Crippen LogP contribution >= 0.6 is 15.9 Å². The Morgan fingerprint density at radius 3 is 2.43 bits per heavy atom. The topological polar surface area (TPSA) is 64.6 Å². The van der Waals surface area contributed by atoms with E-state index >= 15 is 0 Å². The van der Waals surface area contributed by atoms with E-state index in [1.807, 2.05) is 31.2 Å². The second kappa shape index (κ2) is 7.78. The lowest BCUT2D eigenvalue weighted by molar-refractivity contribution is -0.118. The number of carbonyl (C=O) groups is 2. The molecule has 0 heterocycles. The Bertz CT molecular complexity index is 713. The smallest absolute Gasteiger partial charge is 0.337 e. The van der Waals surface area contributed by atoms with Crippen LogP contribution in [0.3, 0.4) is 0 Å². The number of hydrogen-bond acceptors (Lipinski definition) is 4. The van der Waals surface area contributed by atoms with Crippen molar-refractivity contribution < 1.29 is 19.1 Å². The number of hydrogen-bond donors (Lipinski definition) is 1. The highest BCUT2D eigenvalue weighted by atomic mass is 79.9.